The van der Waals surface area contributed by atoms with E-state index >= 15 is 0 Å². The normalized spacial score (nSPS) is 10.8. The molecule has 1 aromatic heterocycles. The molecule has 0 amide bonds. The minimum atomic E-state index is -0.781. The second kappa shape index (κ2) is 6.55. The average molecular weight is 336 g/mol. The van der Waals surface area contributed by atoms with Gasteiger partial charge in [0.05, 0.1) is 34.8 Å². The Labute approximate surface area is 134 Å². The standard InChI is InChI=1S/C11H12N8O5/c1-6-14-16-11(17(6)12)15-13-5-7-3-8(18(20)21)4-9(19(22)23)10(7)24-2/h3-5H,12H2,1-2H3,(H,15,16)/b13-5-. The molecular weight excluding hydrogens is 324 g/mol. The van der Waals surface area contributed by atoms with Gasteiger partial charge in [0.15, 0.2) is 5.82 Å². The van der Waals surface area contributed by atoms with Crippen molar-refractivity contribution in [2.45, 2.75) is 6.92 Å². The summed E-state index contributed by atoms with van der Waals surface area (Å²) in [5.41, 5.74) is 1.48. The first-order valence-corrected chi connectivity index (χ1v) is 6.32. The largest absolute Gasteiger partial charge is 0.490 e. The third kappa shape index (κ3) is 3.18. The maximum atomic E-state index is 11.1. The fourth-order valence-electron chi connectivity index (χ4n) is 1.78. The number of methoxy groups -OCH3 is 1. The molecule has 3 N–H and O–H groups in total. The number of nitrogens with two attached hydrogens (primary N) is 1. The van der Waals surface area contributed by atoms with Crippen LogP contribution in [0.5, 0.6) is 5.75 Å². The molecule has 0 spiro atoms. The maximum absolute atomic E-state index is 11.1. The summed E-state index contributed by atoms with van der Waals surface area (Å²) in [6, 6.07) is 1.90. The van der Waals surface area contributed by atoms with Gasteiger partial charge in [0.2, 0.25) is 5.75 Å². The molecule has 2 aromatic rings. The minimum Gasteiger partial charge on any atom is -0.490 e. The first-order valence-electron chi connectivity index (χ1n) is 6.32. The molecule has 126 valence electrons. The van der Waals surface area contributed by atoms with Gasteiger partial charge in [-0.15, -0.1) is 10.2 Å². The number of hydrogen-bond acceptors (Lipinski definition) is 10. The van der Waals surface area contributed by atoms with Crippen molar-refractivity contribution in [3.05, 3.63) is 43.7 Å². The van der Waals surface area contributed by atoms with E-state index < -0.39 is 21.2 Å². The van der Waals surface area contributed by atoms with E-state index in [4.69, 9.17) is 10.6 Å². The van der Waals surface area contributed by atoms with Gasteiger partial charge in [0, 0.05) is 6.07 Å². The molecule has 24 heavy (non-hydrogen) atoms. The van der Waals surface area contributed by atoms with Crippen LogP contribution in [0.4, 0.5) is 17.3 Å². The predicted molar refractivity (Wildman–Crippen MR) is 82.4 cm³/mol. The number of aryl methyl sites for hydroxylation is 1. The van der Waals surface area contributed by atoms with E-state index in [1.54, 1.807) is 6.92 Å². The zero-order valence-corrected chi connectivity index (χ0v) is 12.5. The number of nitrogen functional groups attached to an aromatic ring is 1. The lowest BCUT2D eigenvalue weighted by Gasteiger charge is -2.05. The van der Waals surface area contributed by atoms with Gasteiger partial charge in [-0.3, -0.25) is 20.2 Å². The van der Waals surface area contributed by atoms with Crippen LogP contribution < -0.4 is 16.0 Å². The third-order valence-electron chi connectivity index (χ3n) is 2.93. The molecule has 0 saturated heterocycles. The molecule has 0 aliphatic rings. The Morgan fingerprint density at radius 2 is 2.04 bits per heavy atom. The highest BCUT2D eigenvalue weighted by Crippen LogP contribution is 2.34. The molecule has 2 rings (SSSR count). The molecule has 0 saturated carbocycles. The molecule has 0 fully saturated rings. The number of aromatic nitrogens is 3. The number of ether oxygens (including phenoxy) is 1. The number of hydrogen-bond donors (Lipinski definition) is 2. The van der Waals surface area contributed by atoms with E-state index in [-0.39, 0.29) is 17.3 Å². The van der Waals surface area contributed by atoms with E-state index in [2.05, 4.69) is 20.7 Å². The summed E-state index contributed by atoms with van der Waals surface area (Å²) < 4.78 is 6.09. The molecule has 13 nitrogen and oxygen atoms in total. The van der Waals surface area contributed by atoms with Crippen LogP contribution in [-0.4, -0.2) is 38.0 Å². The van der Waals surface area contributed by atoms with Gasteiger partial charge >= 0.3 is 5.69 Å². The van der Waals surface area contributed by atoms with Crippen LogP contribution in [0.3, 0.4) is 0 Å². The Balaban J connectivity index is 2.40. The monoisotopic (exact) mass is 336 g/mol. The molecule has 0 aliphatic carbocycles. The van der Waals surface area contributed by atoms with Gasteiger partial charge in [-0.05, 0) is 6.92 Å². The second-order valence-corrected chi connectivity index (χ2v) is 4.41. The Morgan fingerprint density at radius 1 is 1.33 bits per heavy atom. The van der Waals surface area contributed by atoms with E-state index in [0.717, 1.165) is 23.0 Å². The second-order valence-electron chi connectivity index (χ2n) is 4.41. The first kappa shape index (κ1) is 16.6. The van der Waals surface area contributed by atoms with Crippen LogP contribution >= 0.6 is 0 Å². The molecular formula is C11H12N8O5. The molecule has 13 heteroatoms. The Kier molecular flexibility index (Phi) is 4.53. The highest BCUT2D eigenvalue weighted by atomic mass is 16.6. The zero-order chi connectivity index (χ0) is 17.9. The Bertz CT molecular complexity index is 830. The molecule has 0 aliphatic heterocycles. The number of nitro benzene ring substituents is 2. The fraction of sp³-hybridized carbons (Fsp3) is 0.182. The van der Waals surface area contributed by atoms with Crippen LogP contribution in [-0.2, 0) is 0 Å². The predicted octanol–water partition coefficient (Wildman–Crippen LogP) is 0.571. The summed E-state index contributed by atoms with van der Waals surface area (Å²) in [5.74, 6) is 5.99. The topological polar surface area (TPSA) is 177 Å². The molecule has 0 bridgehead atoms. The number of nitro groups is 2. The summed E-state index contributed by atoms with van der Waals surface area (Å²) in [4.78, 5) is 20.4. The van der Waals surface area contributed by atoms with Crippen LogP contribution in [0.15, 0.2) is 17.2 Å². The summed E-state index contributed by atoms with van der Waals surface area (Å²) >= 11 is 0. The molecule has 1 aromatic carbocycles. The first-order chi connectivity index (χ1) is 11.3. The van der Waals surface area contributed by atoms with Crippen molar-refractivity contribution in [2.75, 3.05) is 18.4 Å². The number of non-ortho nitro benzene ring substituents is 1. The number of nitrogens with zero attached hydrogens (tertiary/aromatic N) is 6. The van der Waals surface area contributed by atoms with E-state index in [0.29, 0.717) is 5.82 Å². The van der Waals surface area contributed by atoms with Crippen molar-refractivity contribution < 1.29 is 14.6 Å². The van der Waals surface area contributed by atoms with Crippen LogP contribution in [0.2, 0.25) is 0 Å². The zero-order valence-electron chi connectivity index (χ0n) is 12.5. The Morgan fingerprint density at radius 3 is 2.54 bits per heavy atom. The van der Waals surface area contributed by atoms with Crippen molar-refractivity contribution in [1.29, 1.82) is 0 Å². The van der Waals surface area contributed by atoms with Crippen molar-refractivity contribution in [1.82, 2.24) is 14.9 Å². The number of benzene rings is 1. The highest BCUT2D eigenvalue weighted by molar-refractivity contribution is 5.87. The lowest BCUT2D eigenvalue weighted by molar-refractivity contribution is -0.394. The van der Waals surface area contributed by atoms with E-state index in [9.17, 15) is 20.2 Å². The molecule has 0 unspecified atom stereocenters. The van der Waals surface area contributed by atoms with Gasteiger partial charge in [-0.1, -0.05) is 0 Å². The van der Waals surface area contributed by atoms with E-state index in [1.807, 2.05) is 0 Å². The SMILES string of the molecule is COc1c(/C=N\Nc2nnc(C)n2N)cc([N+](=O)[O-])cc1[N+](=O)[O-]. The number of rotatable bonds is 6. The van der Waals surface area contributed by atoms with Gasteiger partial charge in [0.1, 0.15) is 0 Å². The van der Waals surface area contributed by atoms with E-state index in [1.165, 1.54) is 7.11 Å². The average Bonchev–Trinajstić information content (AvgIpc) is 2.85. The van der Waals surface area contributed by atoms with Crippen molar-refractivity contribution >= 4 is 23.5 Å². The van der Waals surface area contributed by atoms with Gasteiger partial charge in [0.25, 0.3) is 11.6 Å². The van der Waals surface area contributed by atoms with Crippen molar-refractivity contribution in [3.8, 4) is 5.75 Å². The molecule has 0 radical (unpaired) electrons. The van der Waals surface area contributed by atoms with Crippen LogP contribution in [0.1, 0.15) is 11.4 Å². The smallest absolute Gasteiger partial charge is 0.318 e. The quantitative estimate of drug-likeness (QED) is 0.330. The number of hydrazone groups is 1. The lowest BCUT2D eigenvalue weighted by Crippen LogP contribution is -2.13. The van der Waals surface area contributed by atoms with Crippen LogP contribution in [0.25, 0.3) is 0 Å². The van der Waals surface area contributed by atoms with Crippen molar-refractivity contribution in [3.63, 3.8) is 0 Å². The van der Waals surface area contributed by atoms with Gasteiger partial charge in [-0.25, -0.2) is 10.1 Å². The van der Waals surface area contributed by atoms with Gasteiger partial charge in [-0.2, -0.15) is 5.10 Å². The maximum Gasteiger partial charge on any atom is 0.318 e. The molecule has 1 heterocycles. The Hall–Kier alpha value is -3.77. The third-order valence-corrected chi connectivity index (χ3v) is 2.93. The summed E-state index contributed by atoms with van der Waals surface area (Å²) in [5, 5.41) is 33.2. The summed E-state index contributed by atoms with van der Waals surface area (Å²) in [6.45, 7) is 1.62. The number of anilines is 1. The highest BCUT2D eigenvalue weighted by Gasteiger charge is 2.24. The van der Waals surface area contributed by atoms with Crippen LogP contribution in [0, 0.1) is 27.2 Å². The fourth-order valence-corrected chi connectivity index (χ4v) is 1.78. The minimum absolute atomic E-state index is 0.0331. The number of nitrogens with one attached hydrogen (secondary N) is 1. The summed E-state index contributed by atoms with van der Waals surface area (Å²) in [6.07, 6.45) is 1.11. The summed E-state index contributed by atoms with van der Waals surface area (Å²) in [7, 11) is 1.21. The van der Waals surface area contributed by atoms with Gasteiger partial charge < -0.3 is 10.6 Å². The molecule has 0 atom stereocenters. The lowest BCUT2D eigenvalue weighted by atomic mass is 10.1. The van der Waals surface area contributed by atoms with Crippen molar-refractivity contribution in [2.24, 2.45) is 5.10 Å².